The number of hydrogen-bond acceptors (Lipinski definition) is 3. The van der Waals surface area contributed by atoms with Gasteiger partial charge in [0.05, 0.1) is 17.8 Å². The SMILES string of the molecule is COc1ccc(C)cc1NC(=O)C(Oc1ccc(Cl)cc1Cl)c1ccccc1. The fourth-order valence-electron chi connectivity index (χ4n) is 2.72. The van der Waals surface area contributed by atoms with Crippen molar-refractivity contribution in [1.29, 1.82) is 0 Å². The molecule has 1 amide bonds. The molecule has 0 aliphatic carbocycles. The Morgan fingerprint density at radius 2 is 1.68 bits per heavy atom. The van der Waals surface area contributed by atoms with E-state index in [1.807, 2.05) is 49.4 Å². The van der Waals surface area contributed by atoms with Crippen LogP contribution in [0.5, 0.6) is 11.5 Å². The van der Waals surface area contributed by atoms with Crippen LogP contribution in [0.15, 0.2) is 66.7 Å². The first-order valence-corrected chi connectivity index (χ1v) is 9.35. The number of methoxy groups -OCH3 is 1. The molecule has 3 aromatic carbocycles. The number of ether oxygens (including phenoxy) is 2. The van der Waals surface area contributed by atoms with Crippen LogP contribution in [0.2, 0.25) is 10.0 Å². The highest BCUT2D eigenvalue weighted by atomic mass is 35.5. The summed E-state index contributed by atoms with van der Waals surface area (Å²) < 4.78 is 11.3. The van der Waals surface area contributed by atoms with Gasteiger partial charge in [-0.15, -0.1) is 0 Å². The summed E-state index contributed by atoms with van der Waals surface area (Å²) in [6, 6.07) is 19.6. The van der Waals surface area contributed by atoms with Crippen LogP contribution in [0.1, 0.15) is 17.2 Å². The number of benzene rings is 3. The number of amides is 1. The van der Waals surface area contributed by atoms with Crippen LogP contribution >= 0.6 is 23.2 Å². The Morgan fingerprint density at radius 3 is 2.36 bits per heavy atom. The van der Waals surface area contributed by atoms with E-state index in [-0.39, 0.29) is 5.91 Å². The zero-order chi connectivity index (χ0) is 20.1. The Labute approximate surface area is 174 Å². The van der Waals surface area contributed by atoms with Crippen LogP contribution in [-0.4, -0.2) is 13.0 Å². The fourth-order valence-corrected chi connectivity index (χ4v) is 3.17. The zero-order valence-corrected chi connectivity index (χ0v) is 16.9. The second-order valence-corrected chi connectivity index (χ2v) is 7.02. The molecule has 0 aliphatic rings. The van der Waals surface area contributed by atoms with Crippen molar-refractivity contribution in [3.05, 3.63) is 87.9 Å². The van der Waals surface area contributed by atoms with Crippen LogP contribution in [0.25, 0.3) is 0 Å². The van der Waals surface area contributed by atoms with Gasteiger partial charge in [-0.05, 0) is 42.8 Å². The minimum atomic E-state index is -0.912. The summed E-state index contributed by atoms with van der Waals surface area (Å²) in [6.45, 7) is 1.94. The average Bonchev–Trinajstić information content (AvgIpc) is 2.68. The van der Waals surface area contributed by atoms with Gasteiger partial charge in [0.1, 0.15) is 11.5 Å². The number of nitrogens with one attached hydrogen (secondary N) is 1. The normalized spacial score (nSPS) is 11.6. The van der Waals surface area contributed by atoms with Crippen LogP contribution < -0.4 is 14.8 Å². The molecule has 28 heavy (non-hydrogen) atoms. The van der Waals surface area contributed by atoms with Crippen molar-refractivity contribution >= 4 is 34.8 Å². The largest absolute Gasteiger partial charge is 0.495 e. The van der Waals surface area contributed by atoms with Crippen molar-refractivity contribution in [3.63, 3.8) is 0 Å². The summed E-state index contributed by atoms with van der Waals surface area (Å²) in [4.78, 5) is 13.1. The van der Waals surface area contributed by atoms with Gasteiger partial charge >= 0.3 is 0 Å². The molecule has 0 spiro atoms. The molecule has 0 heterocycles. The summed E-state index contributed by atoms with van der Waals surface area (Å²) in [7, 11) is 1.55. The molecular weight excluding hydrogens is 397 g/mol. The van der Waals surface area contributed by atoms with Gasteiger partial charge in [0, 0.05) is 10.6 Å². The minimum absolute atomic E-state index is 0.328. The molecule has 1 unspecified atom stereocenters. The number of rotatable bonds is 6. The summed E-state index contributed by atoms with van der Waals surface area (Å²) in [5.41, 5.74) is 2.26. The van der Waals surface area contributed by atoms with E-state index in [2.05, 4.69) is 5.32 Å². The Kier molecular flexibility index (Phi) is 6.45. The smallest absolute Gasteiger partial charge is 0.270 e. The molecule has 3 aromatic rings. The van der Waals surface area contributed by atoms with Gasteiger partial charge in [0.25, 0.3) is 5.91 Å². The first-order valence-electron chi connectivity index (χ1n) is 8.60. The quantitative estimate of drug-likeness (QED) is 0.531. The number of aryl methyl sites for hydroxylation is 1. The van der Waals surface area contributed by atoms with Crippen LogP contribution in [0.3, 0.4) is 0 Å². The molecule has 0 radical (unpaired) electrons. The summed E-state index contributed by atoms with van der Waals surface area (Å²) in [5, 5.41) is 3.71. The topological polar surface area (TPSA) is 47.6 Å². The first-order chi connectivity index (χ1) is 13.5. The van der Waals surface area contributed by atoms with Gasteiger partial charge in [-0.1, -0.05) is 59.6 Å². The third-order valence-electron chi connectivity index (χ3n) is 4.09. The number of carbonyl (C=O) groups is 1. The second kappa shape index (κ2) is 9.00. The summed E-state index contributed by atoms with van der Waals surface area (Å²) >= 11 is 12.2. The Balaban J connectivity index is 1.93. The Hall–Kier alpha value is -2.69. The Bertz CT molecular complexity index is 977. The van der Waals surface area contributed by atoms with Gasteiger partial charge in [-0.3, -0.25) is 4.79 Å². The molecular formula is C22H19Cl2NO3. The molecule has 144 valence electrons. The lowest BCUT2D eigenvalue weighted by Crippen LogP contribution is -2.26. The van der Waals surface area contributed by atoms with Crippen molar-refractivity contribution < 1.29 is 14.3 Å². The lowest BCUT2D eigenvalue weighted by atomic mass is 10.1. The maximum atomic E-state index is 13.1. The van der Waals surface area contributed by atoms with Gasteiger partial charge in [-0.2, -0.15) is 0 Å². The van der Waals surface area contributed by atoms with Crippen LogP contribution in [-0.2, 0) is 4.79 Å². The van der Waals surface area contributed by atoms with Gasteiger partial charge in [0.15, 0.2) is 0 Å². The first kappa shape index (κ1) is 20.1. The van der Waals surface area contributed by atoms with Gasteiger partial charge in [-0.25, -0.2) is 0 Å². The van der Waals surface area contributed by atoms with E-state index < -0.39 is 6.10 Å². The van der Waals surface area contributed by atoms with Crippen molar-refractivity contribution in [1.82, 2.24) is 0 Å². The Morgan fingerprint density at radius 1 is 0.964 bits per heavy atom. The highest BCUT2D eigenvalue weighted by Gasteiger charge is 2.25. The highest BCUT2D eigenvalue weighted by molar-refractivity contribution is 6.35. The van der Waals surface area contributed by atoms with Gasteiger partial charge in [0.2, 0.25) is 6.10 Å². The highest BCUT2D eigenvalue weighted by Crippen LogP contribution is 2.33. The lowest BCUT2D eigenvalue weighted by Gasteiger charge is -2.21. The number of carbonyl (C=O) groups excluding carboxylic acids is 1. The molecule has 3 rings (SSSR count). The van der Waals surface area contributed by atoms with Crippen LogP contribution in [0, 0.1) is 6.92 Å². The molecule has 0 saturated carbocycles. The molecule has 0 aromatic heterocycles. The standard InChI is InChI=1S/C22H19Cl2NO3/c1-14-8-10-20(27-2)18(12-14)25-22(26)21(15-6-4-3-5-7-15)28-19-11-9-16(23)13-17(19)24/h3-13,21H,1-2H3,(H,25,26). The predicted molar refractivity (Wildman–Crippen MR) is 113 cm³/mol. The minimum Gasteiger partial charge on any atom is -0.495 e. The lowest BCUT2D eigenvalue weighted by molar-refractivity contribution is -0.123. The molecule has 0 saturated heterocycles. The van der Waals surface area contributed by atoms with Crippen molar-refractivity contribution in [2.45, 2.75) is 13.0 Å². The molecule has 0 fully saturated rings. The predicted octanol–water partition coefficient (Wildman–Crippen LogP) is 6.07. The van der Waals surface area contributed by atoms with Crippen LogP contribution in [0.4, 0.5) is 5.69 Å². The van der Waals surface area contributed by atoms with E-state index in [1.165, 1.54) is 0 Å². The van der Waals surface area contributed by atoms with E-state index in [1.54, 1.807) is 31.4 Å². The van der Waals surface area contributed by atoms with E-state index in [0.717, 1.165) is 5.56 Å². The molecule has 0 bridgehead atoms. The fraction of sp³-hybridized carbons (Fsp3) is 0.136. The molecule has 4 nitrogen and oxygen atoms in total. The molecule has 6 heteroatoms. The average molecular weight is 416 g/mol. The number of anilines is 1. The summed E-state index contributed by atoms with van der Waals surface area (Å²) in [5.74, 6) is 0.586. The van der Waals surface area contributed by atoms with Gasteiger partial charge < -0.3 is 14.8 Å². The van der Waals surface area contributed by atoms with Crippen molar-refractivity contribution in [2.24, 2.45) is 0 Å². The third-order valence-corrected chi connectivity index (χ3v) is 4.62. The maximum absolute atomic E-state index is 13.1. The molecule has 1 N–H and O–H groups in total. The molecule has 0 aliphatic heterocycles. The monoisotopic (exact) mass is 415 g/mol. The van der Waals surface area contributed by atoms with E-state index in [0.29, 0.717) is 32.8 Å². The van der Waals surface area contributed by atoms with Crippen molar-refractivity contribution in [2.75, 3.05) is 12.4 Å². The summed E-state index contributed by atoms with van der Waals surface area (Å²) in [6.07, 6.45) is -0.912. The number of halogens is 2. The zero-order valence-electron chi connectivity index (χ0n) is 15.4. The second-order valence-electron chi connectivity index (χ2n) is 6.18. The van der Waals surface area contributed by atoms with E-state index in [9.17, 15) is 4.79 Å². The maximum Gasteiger partial charge on any atom is 0.270 e. The number of hydrogen-bond donors (Lipinski definition) is 1. The third kappa shape index (κ3) is 4.77. The van der Waals surface area contributed by atoms with E-state index in [4.69, 9.17) is 32.7 Å². The van der Waals surface area contributed by atoms with Crippen molar-refractivity contribution in [3.8, 4) is 11.5 Å². The molecule has 1 atom stereocenters. The van der Waals surface area contributed by atoms with E-state index >= 15 is 0 Å².